The molecule has 0 unspecified atom stereocenters. The van der Waals surface area contributed by atoms with E-state index in [2.05, 4.69) is 9.97 Å². The smallest absolute Gasteiger partial charge is 0.268 e. The van der Waals surface area contributed by atoms with E-state index in [0.29, 0.717) is 29.1 Å². The second-order valence-electron chi connectivity index (χ2n) is 6.53. The molecule has 1 aliphatic rings. The summed E-state index contributed by atoms with van der Waals surface area (Å²) in [5.74, 6) is 1.66. The highest BCUT2D eigenvalue weighted by Crippen LogP contribution is 2.31. The van der Waals surface area contributed by atoms with Gasteiger partial charge in [0.05, 0.1) is 25.1 Å². The summed E-state index contributed by atoms with van der Waals surface area (Å²) in [5.41, 5.74) is 1.47. The van der Waals surface area contributed by atoms with Gasteiger partial charge in [-0.2, -0.15) is 0 Å². The van der Waals surface area contributed by atoms with E-state index in [1.165, 1.54) is 11.3 Å². The Morgan fingerprint density at radius 2 is 2.30 bits per heavy atom. The van der Waals surface area contributed by atoms with Crippen LogP contribution in [-0.2, 0) is 17.8 Å². The highest BCUT2D eigenvalue weighted by molar-refractivity contribution is 7.17. The van der Waals surface area contributed by atoms with Crippen LogP contribution in [0.25, 0.3) is 10.2 Å². The van der Waals surface area contributed by atoms with Crippen molar-refractivity contribution in [2.75, 3.05) is 20.8 Å². The Labute approximate surface area is 159 Å². The predicted octanol–water partition coefficient (Wildman–Crippen LogP) is 2.20. The second-order valence-corrected chi connectivity index (χ2v) is 7.44. The van der Waals surface area contributed by atoms with Crippen molar-refractivity contribution in [3.63, 3.8) is 0 Å². The molecule has 0 spiro atoms. The molecule has 4 rings (SSSR count). The molecule has 3 heterocycles. The van der Waals surface area contributed by atoms with Gasteiger partial charge in [-0.1, -0.05) is 6.07 Å². The zero-order chi connectivity index (χ0) is 19.0. The zero-order valence-corrected chi connectivity index (χ0v) is 15.8. The minimum absolute atomic E-state index is 0.0375. The van der Waals surface area contributed by atoms with Crippen LogP contribution in [0.2, 0.25) is 0 Å². The van der Waals surface area contributed by atoms with E-state index < -0.39 is 0 Å². The van der Waals surface area contributed by atoms with E-state index in [4.69, 9.17) is 9.47 Å². The molecule has 1 aromatic carbocycles. The van der Waals surface area contributed by atoms with Gasteiger partial charge in [-0.15, -0.1) is 11.3 Å². The number of H-pyrrole nitrogens is 1. The van der Waals surface area contributed by atoms with Gasteiger partial charge in [-0.05, 0) is 29.5 Å². The molecule has 1 amide bonds. The van der Waals surface area contributed by atoms with E-state index in [0.717, 1.165) is 17.1 Å². The van der Waals surface area contributed by atoms with Gasteiger partial charge < -0.3 is 19.4 Å². The number of amides is 1. The number of carbonyl (C=O) groups is 1. The fourth-order valence-electron chi connectivity index (χ4n) is 3.25. The maximum atomic E-state index is 12.8. The number of nitrogens with zero attached hydrogens (tertiary/aromatic N) is 2. The van der Waals surface area contributed by atoms with E-state index in [1.54, 1.807) is 25.1 Å². The van der Waals surface area contributed by atoms with E-state index in [1.807, 2.05) is 23.6 Å². The first-order valence-corrected chi connectivity index (χ1v) is 9.44. The Bertz CT molecular complexity index is 1060. The molecule has 0 saturated heterocycles. The maximum Gasteiger partial charge on any atom is 0.268 e. The summed E-state index contributed by atoms with van der Waals surface area (Å²) in [5, 5.41) is 1.83. The molecule has 0 saturated carbocycles. The molecule has 1 atom stereocenters. The van der Waals surface area contributed by atoms with Crippen LogP contribution in [0.1, 0.15) is 11.4 Å². The molecule has 0 aliphatic carbocycles. The van der Waals surface area contributed by atoms with Crippen LogP contribution in [0.3, 0.4) is 0 Å². The summed E-state index contributed by atoms with van der Waals surface area (Å²) >= 11 is 1.35. The second kappa shape index (κ2) is 7.03. The number of hydrogen-bond acceptors (Lipinski definition) is 6. The minimum Gasteiger partial charge on any atom is -0.497 e. The zero-order valence-electron chi connectivity index (χ0n) is 15.0. The summed E-state index contributed by atoms with van der Waals surface area (Å²) in [6, 6.07) is 7.44. The van der Waals surface area contributed by atoms with Gasteiger partial charge in [0.1, 0.15) is 28.6 Å². The lowest BCUT2D eigenvalue weighted by atomic mass is 9.95. The highest BCUT2D eigenvalue weighted by Gasteiger charge is 2.29. The monoisotopic (exact) mass is 385 g/mol. The van der Waals surface area contributed by atoms with Gasteiger partial charge in [-0.3, -0.25) is 9.59 Å². The lowest BCUT2D eigenvalue weighted by Gasteiger charge is -2.28. The standard InChI is InChI=1S/C19H19N3O4S/c1-22(9-16-20-14-5-6-27-17(14)18(23)21-16)19(24)12-7-11-3-4-13(25-2)8-15(11)26-10-12/h3-6,8,12H,7,9-10H2,1-2H3,(H,20,21,23)/t12-/m0/s1. The van der Waals surface area contributed by atoms with Crippen LogP contribution in [-0.4, -0.2) is 41.5 Å². The Morgan fingerprint density at radius 3 is 3.11 bits per heavy atom. The Morgan fingerprint density at radius 1 is 1.44 bits per heavy atom. The largest absolute Gasteiger partial charge is 0.497 e. The summed E-state index contributed by atoms with van der Waals surface area (Å²) in [6.45, 7) is 0.558. The number of aromatic nitrogens is 2. The van der Waals surface area contributed by atoms with Crippen LogP contribution < -0.4 is 15.0 Å². The molecule has 1 aliphatic heterocycles. The van der Waals surface area contributed by atoms with Gasteiger partial charge in [0, 0.05) is 13.1 Å². The number of carbonyl (C=O) groups excluding carboxylic acids is 1. The molecule has 7 nitrogen and oxygen atoms in total. The Hall–Kier alpha value is -2.87. The number of nitrogens with one attached hydrogen (secondary N) is 1. The number of ether oxygens (including phenoxy) is 2. The van der Waals surface area contributed by atoms with Crippen LogP contribution >= 0.6 is 11.3 Å². The van der Waals surface area contributed by atoms with Crippen LogP contribution in [0.4, 0.5) is 0 Å². The number of aromatic amines is 1. The summed E-state index contributed by atoms with van der Waals surface area (Å²) in [7, 11) is 3.32. The van der Waals surface area contributed by atoms with Gasteiger partial charge in [0.25, 0.3) is 5.56 Å². The number of hydrogen-bond donors (Lipinski definition) is 1. The Kier molecular flexibility index (Phi) is 4.57. The third kappa shape index (κ3) is 3.40. The van der Waals surface area contributed by atoms with Crippen molar-refractivity contribution in [1.29, 1.82) is 0 Å². The minimum atomic E-state index is -0.271. The third-order valence-electron chi connectivity index (χ3n) is 4.66. The maximum absolute atomic E-state index is 12.8. The van der Waals surface area contributed by atoms with E-state index >= 15 is 0 Å². The Balaban J connectivity index is 1.47. The van der Waals surface area contributed by atoms with Crippen molar-refractivity contribution in [2.24, 2.45) is 5.92 Å². The van der Waals surface area contributed by atoms with Crippen LogP contribution in [0, 0.1) is 5.92 Å². The molecule has 0 bridgehead atoms. The normalized spacial score (nSPS) is 15.9. The number of fused-ring (bicyclic) bond motifs is 2. The average molecular weight is 385 g/mol. The lowest BCUT2D eigenvalue weighted by Crippen LogP contribution is -2.38. The summed E-state index contributed by atoms with van der Waals surface area (Å²) in [6.07, 6.45) is 0.607. The van der Waals surface area contributed by atoms with E-state index in [-0.39, 0.29) is 23.9 Å². The van der Waals surface area contributed by atoms with Crippen molar-refractivity contribution in [2.45, 2.75) is 13.0 Å². The molecular weight excluding hydrogens is 366 g/mol. The van der Waals surface area contributed by atoms with Crippen LogP contribution in [0.5, 0.6) is 11.5 Å². The fourth-order valence-corrected chi connectivity index (χ4v) is 3.97. The number of thiophene rings is 1. The van der Waals surface area contributed by atoms with Crippen molar-refractivity contribution < 1.29 is 14.3 Å². The van der Waals surface area contributed by atoms with Crippen molar-refractivity contribution >= 4 is 27.5 Å². The first-order valence-electron chi connectivity index (χ1n) is 8.56. The van der Waals surface area contributed by atoms with Crippen molar-refractivity contribution in [1.82, 2.24) is 14.9 Å². The first-order chi connectivity index (χ1) is 13.0. The highest BCUT2D eigenvalue weighted by atomic mass is 32.1. The SMILES string of the molecule is COc1ccc2c(c1)OC[C@@H](C(=O)N(C)Cc1nc3ccsc3c(=O)[nH]1)C2. The predicted molar refractivity (Wildman–Crippen MR) is 102 cm³/mol. The number of benzene rings is 1. The number of methoxy groups -OCH3 is 1. The molecular formula is C19H19N3O4S. The molecule has 8 heteroatoms. The third-order valence-corrected chi connectivity index (χ3v) is 5.56. The lowest BCUT2D eigenvalue weighted by molar-refractivity contribution is -0.136. The van der Waals surface area contributed by atoms with Gasteiger partial charge >= 0.3 is 0 Å². The first kappa shape index (κ1) is 17.5. The quantitative estimate of drug-likeness (QED) is 0.744. The molecule has 27 heavy (non-hydrogen) atoms. The van der Waals surface area contributed by atoms with Crippen molar-refractivity contribution in [3.05, 3.63) is 51.4 Å². The van der Waals surface area contributed by atoms with Gasteiger partial charge in [0.15, 0.2) is 0 Å². The summed E-state index contributed by atoms with van der Waals surface area (Å²) in [4.78, 5) is 33.7. The van der Waals surface area contributed by atoms with Crippen molar-refractivity contribution in [3.8, 4) is 11.5 Å². The average Bonchev–Trinajstić information content (AvgIpc) is 3.15. The van der Waals surface area contributed by atoms with Gasteiger partial charge in [-0.25, -0.2) is 4.98 Å². The molecule has 3 aromatic rings. The molecule has 1 N–H and O–H groups in total. The molecule has 140 valence electrons. The molecule has 2 aromatic heterocycles. The summed E-state index contributed by atoms with van der Waals surface area (Å²) < 4.78 is 11.6. The van der Waals surface area contributed by atoms with Crippen LogP contribution in [0.15, 0.2) is 34.4 Å². The van der Waals surface area contributed by atoms with E-state index in [9.17, 15) is 9.59 Å². The topological polar surface area (TPSA) is 84.5 Å². The fraction of sp³-hybridized carbons (Fsp3) is 0.316. The van der Waals surface area contributed by atoms with Gasteiger partial charge in [0.2, 0.25) is 5.91 Å². The number of rotatable bonds is 4. The molecule has 0 radical (unpaired) electrons. The molecule has 0 fully saturated rings.